The number of imidazole rings is 1. The second-order valence-electron chi connectivity index (χ2n) is 10.3. The van der Waals surface area contributed by atoms with E-state index < -0.39 is 0 Å². The summed E-state index contributed by atoms with van der Waals surface area (Å²) >= 11 is 0. The molecule has 0 aliphatic heterocycles. The first-order valence-electron chi connectivity index (χ1n) is 12.5. The second-order valence-corrected chi connectivity index (χ2v) is 10.3. The molecular weight excluding hydrogens is 459 g/mol. The number of pyridine rings is 1. The lowest BCUT2D eigenvalue weighted by Crippen LogP contribution is -2.44. The molecule has 2 N–H and O–H groups in total. The molecule has 0 spiro atoms. The van der Waals surface area contributed by atoms with Crippen LogP contribution in [0.4, 0.5) is 10.2 Å². The first-order valence-corrected chi connectivity index (χ1v) is 12.5. The number of nitrogens with zero attached hydrogens (tertiary/aromatic N) is 4. The molecule has 2 unspecified atom stereocenters. The number of carbonyl (C=O) groups is 2. The first kappa shape index (κ1) is 25.8. The Kier molecular flexibility index (Phi) is 7.68. The minimum absolute atomic E-state index is 0.0102. The molecule has 2 atom stereocenters. The van der Waals surface area contributed by atoms with Crippen molar-refractivity contribution in [3.63, 3.8) is 0 Å². The van der Waals surface area contributed by atoms with E-state index in [1.54, 1.807) is 18.6 Å². The highest BCUT2D eigenvalue weighted by atomic mass is 19.1. The summed E-state index contributed by atoms with van der Waals surface area (Å²) in [6.45, 7) is 6.30. The van der Waals surface area contributed by atoms with E-state index in [1.807, 2.05) is 50.4 Å². The Morgan fingerprint density at radius 1 is 1.19 bits per heavy atom. The summed E-state index contributed by atoms with van der Waals surface area (Å²) in [5.41, 5.74) is 3.46. The van der Waals surface area contributed by atoms with E-state index in [-0.39, 0.29) is 35.6 Å². The van der Waals surface area contributed by atoms with Gasteiger partial charge in [0.25, 0.3) is 0 Å². The number of rotatable bonds is 7. The highest BCUT2D eigenvalue weighted by Crippen LogP contribution is 2.31. The van der Waals surface area contributed by atoms with Crippen molar-refractivity contribution < 1.29 is 14.0 Å². The zero-order chi connectivity index (χ0) is 26.0. The quantitative estimate of drug-likeness (QED) is 0.511. The highest BCUT2D eigenvalue weighted by molar-refractivity contribution is 5.93. The van der Waals surface area contributed by atoms with E-state index in [4.69, 9.17) is 0 Å². The van der Waals surface area contributed by atoms with Crippen molar-refractivity contribution in [1.82, 2.24) is 24.8 Å². The van der Waals surface area contributed by atoms with Crippen LogP contribution >= 0.6 is 0 Å². The Bertz CT molecular complexity index is 1270. The van der Waals surface area contributed by atoms with Gasteiger partial charge in [-0.25, -0.2) is 14.4 Å². The van der Waals surface area contributed by atoms with Gasteiger partial charge in [-0.3, -0.25) is 9.59 Å². The van der Waals surface area contributed by atoms with Crippen LogP contribution < -0.4 is 10.6 Å². The molecular formula is C27H35FN6O2. The van der Waals surface area contributed by atoms with Crippen LogP contribution in [0.5, 0.6) is 0 Å². The Hall–Kier alpha value is -3.33. The zero-order valence-electron chi connectivity index (χ0n) is 21.6. The van der Waals surface area contributed by atoms with Crippen LogP contribution in [0.1, 0.15) is 51.1 Å². The number of fused-ring (bicyclic) bond motifs is 1. The van der Waals surface area contributed by atoms with E-state index >= 15 is 0 Å². The maximum Gasteiger partial charge on any atom is 0.234 e. The molecule has 1 aromatic carbocycles. The predicted octanol–water partition coefficient (Wildman–Crippen LogP) is 4.30. The summed E-state index contributed by atoms with van der Waals surface area (Å²) in [6.07, 6.45) is 6.47. The number of benzene rings is 1. The van der Waals surface area contributed by atoms with Crippen LogP contribution in [0.3, 0.4) is 0 Å². The maximum atomic E-state index is 14.9. The first-order chi connectivity index (χ1) is 17.1. The predicted molar refractivity (Wildman–Crippen MR) is 139 cm³/mol. The molecule has 1 aliphatic rings. The minimum Gasteiger partial charge on any atom is -0.352 e. The zero-order valence-corrected chi connectivity index (χ0v) is 21.6. The average Bonchev–Trinajstić information content (AvgIpc) is 3.25. The summed E-state index contributed by atoms with van der Waals surface area (Å²) in [7, 11) is 3.70. The fourth-order valence-electron chi connectivity index (χ4n) is 4.91. The number of amides is 2. The normalized spacial score (nSPS) is 18.1. The lowest BCUT2D eigenvalue weighted by Gasteiger charge is -2.29. The Labute approximate surface area is 211 Å². The fraction of sp³-hybridized carbons (Fsp3) is 0.481. The Morgan fingerprint density at radius 3 is 2.69 bits per heavy atom. The van der Waals surface area contributed by atoms with Gasteiger partial charge in [0.2, 0.25) is 11.8 Å². The minimum atomic E-state index is -0.381. The van der Waals surface area contributed by atoms with Crippen LogP contribution in [-0.2, 0) is 9.59 Å². The van der Waals surface area contributed by atoms with Gasteiger partial charge in [0.15, 0.2) is 5.82 Å². The van der Waals surface area contributed by atoms with Crippen LogP contribution in [0, 0.1) is 18.7 Å². The highest BCUT2D eigenvalue weighted by Gasteiger charge is 2.28. The van der Waals surface area contributed by atoms with Crippen molar-refractivity contribution in [3.8, 4) is 11.1 Å². The maximum absolute atomic E-state index is 14.9. The number of aromatic nitrogens is 3. The molecule has 1 aliphatic carbocycles. The molecule has 3 aromatic rings. The summed E-state index contributed by atoms with van der Waals surface area (Å²) in [5.74, 6) is -0.295. The number of aryl methyl sites for hydroxylation is 1. The number of hydrogen-bond donors (Lipinski definition) is 2. The largest absolute Gasteiger partial charge is 0.352 e. The SMILES string of the molecule is Cc1cnc(NC(=O)C2CCCC(NC(=O)CN(C)C)C2)cc1-c1cc(F)c2ncn(C(C)C)c2c1. The monoisotopic (exact) mass is 494 g/mol. The van der Waals surface area contributed by atoms with Crippen LogP contribution in [0.2, 0.25) is 0 Å². The number of anilines is 1. The Morgan fingerprint density at radius 2 is 1.97 bits per heavy atom. The van der Waals surface area contributed by atoms with Gasteiger partial charge in [-0.2, -0.15) is 0 Å². The van der Waals surface area contributed by atoms with Crippen molar-refractivity contribution >= 4 is 28.7 Å². The molecule has 8 nitrogen and oxygen atoms in total. The lowest BCUT2D eigenvalue weighted by molar-refractivity contribution is -0.124. The van der Waals surface area contributed by atoms with Crippen molar-refractivity contribution in [2.45, 2.75) is 58.5 Å². The smallest absolute Gasteiger partial charge is 0.234 e. The van der Waals surface area contributed by atoms with Gasteiger partial charge in [-0.05, 0) is 89.0 Å². The van der Waals surface area contributed by atoms with Gasteiger partial charge in [-0.1, -0.05) is 6.42 Å². The summed E-state index contributed by atoms with van der Waals surface area (Å²) in [6, 6.07) is 5.34. The average molecular weight is 495 g/mol. The van der Waals surface area contributed by atoms with Gasteiger partial charge < -0.3 is 20.1 Å². The number of nitrogens with one attached hydrogen (secondary N) is 2. The number of carbonyl (C=O) groups excluding carboxylic acids is 2. The fourth-order valence-corrected chi connectivity index (χ4v) is 4.91. The third kappa shape index (κ3) is 5.73. The molecule has 0 saturated heterocycles. The molecule has 2 amide bonds. The molecule has 36 heavy (non-hydrogen) atoms. The van der Waals surface area contributed by atoms with E-state index in [2.05, 4.69) is 20.6 Å². The van der Waals surface area contributed by atoms with E-state index in [1.165, 1.54) is 6.07 Å². The standard InChI is InChI=1S/C27H35FN6O2/c1-16(2)34-15-30-26-22(28)10-19(11-23(26)34)21-12-24(29-13-17(21)3)32-27(36)18-7-6-8-20(9-18)31-25(35)14-33(4)5/h10-13,15-16,18,20H,6-9,14H2,1-5H3,(H,31,35)(H,29,32,36). The van der Waals surface area contributed by atoms with Crippen molar-refractivity contribution in [1.29, 1.82) is 0 Å². The lowest BCUT2D eigenvalue weighted by atomic mass is 9.85. The van der Waals surface area contributed by atoms with Gasteiger partial charge in [-0.15, -0.1) is 0 Å². The molecule has 4 rings (SSSR count). The summed E-state index contributed by atoms with van der Waals surface area (Å²) < 4.78 is 16.8. The summed E-state index contributed by atoms with van der Waals surface area (Å²) in [5, 5.41) is 6.00. The molecule has 2 heterocycles. The molecule has 2 aromatic heterocycles. The molecule has 192 valence electrons. The van der Waals surface area contributed by atoms with Crippen molar-refractivity contribution in [2.24, 2.45) is 5.92 Å². The van der Waals surface area contributed by atoms with Gasteiger partial charge in [0.05, 0.1) is 18.4 Å². The third-order valence-corrected chi connectivity index (χ3v) is 6.72. The van der Waals surface area contributed by atoms with E-state index in [0.29, 0.717) is 29.9 Å². The van der Waals surface area contributed by atoms with Gasteiger partial charge >= 0.3 is 0 Å². The molecule has 0 bridgehead atoms. The van der Waals surface area contributed by atoms with Crippen LogP contribution in [-0.4, -0.2) is 57.9 Å². The second kappa shape index (κ2) is 10.7. The van der Waals surface area contributed by atoms with Crippen molar-refractivity contribution in [3.05, 3.63) is 42.1 Å². The number of hydrogen-bond acceptors (Lipinski definition) is 5. The molecule has 1 fully saturated rings. The van der Waals surface area contributed by atoms with Crippen LogP contribution in [0.15, 0.2) is 30.7 Å². The number of halogens is 1. The van der Waals surface area contributed by atoms with Gasteiger partial charge in [0.1, 0.15) is 11.3 Å². The molecule has 9 heteroatoms. The number of likely N-dealkylation sites (N-methyl/N-ethyl adjacent to an activating group) is 1. The van der Waals surface area contributed by atoms with E-state index in [9.17, 15) is 14.0 Å². The van der Waals surface area contributed by atoms with Gasteiger partial charge in [0, 0.05) is 24.2 Å². The van der Waals surface area contributed by atoms with Crippen molar-refractivity contribution in [2.75, 3.05) is 26.0 Å². The molecule has 1 saturated carbocycles. The topological polar surface area (TPSA) is 92.2 Å². The molecule has 0 radical (unpaired) electrons. The van der Waals surface area contributed by atoms with Crippen LogP contribution in [0.25, 0.3) is 22.2 Å². The third-order valence-electron chi connectivity index (χ3n) is 6.72. The summed E-state index contributed by atoms with van der Waals surface area (Å²) in [4.78, 5) is 35.7. The van der Waals surface area contributed by atoms with E-state index in [0.717, 1.165) is 35.9 Å². The Balaban J connectivity index is 1.51.